The van der Waals surface area contributed by atoms with Crippen LogP contribution in [-0.4, -0.2) is 20.8 Å². The van der Waals surface area contributed by atoms with E-state index in [1.807, 2.05) is 23.7 Å². The Bertz CT molecular complexity index is 521. The lowest BCUT2D eigenvalue weighted by Crippen LogP contribution is -2.26. The molecule has 2 unspecified atom stereocenters. The number of nitrogens with zero attached hydrogens (tertiary/aromatic N) is 2. The van der Waals surface area contributed by atoms with E-state index < -0.39 is 12.1 Å². The molecule has 1 aromatic carbocycles. The monoisotopic (exact) mass is 239 g/mol. The number of hydrogen-bond donors (Lipinski definition) is 2. The zero-order valence-corrected chi connectivity index (χ0v) is 9.94. The topological polar surface area (TPSA) is 64.1 Å². The van der Waals surface area contributed by atoms with Crippen LogP contribution in [0.15, 0.2) is 18.2 Å². The molecule has 0 radical (unpaired) electrons. The molecule has 4 nitrogen and oxygen atoms in total. The van der Waals surface area contributed by atoms with Crippen molar-refractivity contribution in [3.63, 3.8) is 0 Å². The maximum absolute atomic E-state index is 9.47. The van der Waals surface area contributed by atoms with Crippen LogP contribution in [0, 0.1) is 0 Å². The highest BCUT2D eigenvalue weighted by molar-refractivity contribution is 6.31. The maximum atomic E-state index is 9.47. The molecule has 0 aliphatic carbocycles. The van der Waals surface area contributed by atoms with Crippen LogP contribution in [0.3, 0.4) is 0 Å². The quantitative estimate of drug-likeness (QED) is 0.837. The molecule has 86 valence electrons. The van der Waals surface area contributed by atoms with E-state index in [0.29, 0.717) is 10.8 Å². The molecule has 0 spiro atoms. The molecule has 0 fully saturated rings. The summed E-state index contributed by atoms with van der Waals surface area (Å²) in [5.74, 6) is 0.660. The maximum Gasteiger partial charge on any atom is 0.129 e. The van der Waals surface area contributed by atoms with Gasteiger partial charge < -0.3 is 15.4 Å². The van der Waals surface area contributed by atoms with E-state index in [0.717, 1.165) is 11.0 Å². The van der Waals surface area contributed by atoms with Gasteiger partial charge in [-0.2, -0.15) is 0 Å². The van der Waals surface area contributed by atoms with Crippen molar-refractivity contribution in [2.45, 2.75) is 19.1 Å². The number of rotatable bonds is 2. The molecular weight excluding hydrogens is 226 g/mol. The Hall–Kier alpha value is -1.10. The minimum atomic E-state index is -0.633. The van der Waals surface area contributed by atoms with Crippen LogP contribution in [0.25, 0.3) is 11.0 Å². The highest BCUT2D eigenvalue weighted by Crippen LogP contribution is 2.22. The summed E-state index contributed by atoms with van der Waals surface area (Å²) >= 11 is 5.89. The van der Waals surface area contributed by atoms with Gasteiger partial charge in [-0.3, -0.25) is 0 Å². The van der Waals surface area contributed by atoms with Gasteiger partial charge in [0.2, 0.25) is 0 Å². The third-order valence-corrected chi connectivity index (χ3v) is 2.93. The van der Waals surface area contributed by atoms with Crippen molar-refractivity contribution in [1.29, 1.82) is 0 Å². The number of hydrogen-bond acceptors (Lipinski definition) is 3. The molecule has 0 aliphatic rings. The van der Waals surface area contributed by atoms with Crippen LogP contribution in [0.2, 0.25) is 5.02 Å². The first-order chi connectivity index (χ1) is 7.50. The number of aliphatic hydroxyl groups excluding tert-OH is 1. The zero-order chi connectivity index (χ0) is 11.9. The smallest absolute Gasteiger partial charge is 0.129 e. The SMILES string of the molecule is CC(O)C(N)c1nc2cc(Cl)ccc2n1C. The van der Waals surface area contributed by atoms with E-state index in [1.54, 1.807) is 13.0 Å². The lowest BCUT2D eigenvalue weighted by atomic mass is 10.2. The standard InChI is InChI=1S/C11H14ClN3O/c1-6(16)10(13)11-14-8-5-7(12)3-4-9(8)15(11)2/h3-6,10,16H,13H2,1-2H3. The number of fused-ring (bicyclic) bond motifs is 1. The van der Waals surface area contributed by atoms with Gasteiger partial charge in [-0.05, 0) is 25.1 Å². The Morgan fingerprint density at radius 3 is 2.81 bits per heavy atom. The highest BCUT2D eigenvalue weighted by Gasteiger charge is 2.18. The molecule has 2 rings (SSSR count). The van der Waals surface area contributed by atoms with E-state index in [4.69, 9.17) is 17.3 Å². The summed E-state index contributed by atoms with van der Waals surface area (Å²) in [6.45, 7) is 1.65. The first-order valence-corrected chi connectivity index (χ1v) is 5.44. The predicted molar refractivity (Wildman–Crippen MR) is 64.3 cm³/mol. The number of aromatic nitrogens is 2. The second-order valence-electron chi connectivity index (χ2n) is 3.93. The van der Waals surface area contributed by atoms with Gasteiger partial charge in [0.1, 0.15) is 5.82 Å². The largest absolute Gasteiger partial charge is 0.391 e. The van der Waals surface area contributed by atoms with Gasteiger partial charge in [0.25, 0.3) is 0 Å². The van der Waals surface area contributed by atoms with Crippen molar-refractivity contribution < 1.29 is 5.11 Å². The summed E-state index contributed by atoms with van der Waals surface area (Å²) in [5, 5.41) is 10.1. The highest BCUT2D eigenvalue weighted by atomic mass is 35.5. The van der Waals surface area contributed by atoms with Gasteiger partial charge in [0.15, 0.2) is 0 Å². The molecular formula is C11H14ClN3O. The summed E-state index contributed by atoms with van der Waals surface area (Å²) in [7, 11) is 1.88. The van der Waals surface area contributed by atoms with Crippen LogP contribution in [-0.2, 0) is 7.05 Å². The average molecular weight is 240 g/mol. The van der Waals surface area contributed by atoms with Crippen molar-refractivity contribution in [2.24, 2.45) is 12.8 Å². The van der Waals surface area contributed by atoms with Crippen molar-refractivity contribution >= 4 is 22.6 Å². The molecule has 0 aliphatic heterocycles. The Balaban J connectivity index is 2.60. The first kappa shape index (κ1) is 11.4. The number of halogens is 1. The van der Waals surface area contributed by atoms with E-state index >= 15 is 0 Å². The van der Waals surface area contributed by atoms with Crippen LogP contribution >= 0.6 is 11.6 Å². The van der Waals surface area contributed by atoms with Gasteiger partial charge in [-0.25, -0.2) is 4.98 Å². The minimum absolute atomic E-state index is 0.490. The van der Waals surface area contributed by atoms with Crippen LogP contribution in [0.1, 0.15) is 18.8 Å². The number of aliphatic hydroxyl groups is 1. The summed E-state index contributed by atoms with van der Waals surface area (Å²) in [6, 6.07) is 5.00. The Labute approximate surface area is 98.6 Å². The lowest BCUT2D eigenvalue weighted by Gasteiger charge is -2.14. The third kappa shape index (κ3) is 1.80. The molecule has 0 saturated heterocycles. The van der Waals surface area contributed by atoms with Gasteiger partial charge in [-0.15, -0.1) is 0 Å². The number of benzene rings is 1. The van der Waals surface area contributed by atoms with E-state index in [1.165, 1.54) is 0 Å². The molecule has 1 heterocycles. The van der Waals surface area contributed by atoms with E-state index in [9.17, 15) is 5.11 Å². The minimum Gasteiger partial charge on any atom is -0.391 e. The second-order valence-corrected chi connectivity index (χ2v) is 4.36. The van der Waals surface area contributed by atoms with Crippen LogP contribution in [0.5, 0.6) is 0 Å². The Morgan fingerprint density at radius 2 is 2.19 bits per heavy atom. The third-order valence-electron chi connectivity index (χ3n) is 2.70. The van der Waals surface area contributed by atoms with Gasteiger partial charge >= 0.3 is 0 Å². The second kappa shape index (κ2) is 4.05. The van der Waals surface area contributed by atoms with Gasteiger partial charge in [0, 0.05) is 12.1 Å². The fourth-order valence-corrected chi connectivity index (χ4v) is 1.87. The number of aryl methyl sites for hydroxylation is 1. The van der Waals surface area contributed by atoms with Gasteiger partial charge in [-0.1, -0.05) is 11.6 Å². The summed E-state index contributed by atoms with van der Waals surface area (Å²) < 4.78 is 1.88. The van der Waals surface area contributed by atoms with Crippen molar-refractivity contribution in [1.82, 2.24) is 9.55 Å². The van der Waals surface area contributed by atoms with E-state index in [2.05, 4.69) is 4.98 Å². The predicted octanol–water partition coefficient (Wildman–Crippen LogP) is 1.61. The van der Waals surface area contributed by atoms with Gasteiger partial charge in [0.05, 0.1) is 23.2 Å². The molecule has 2 atom stereocenters. The summed E-state index contributed by atoms with van der Waals surface area (Å²) in [4.78, 5) is 4.39. The van der Waals surface area contributed by atoms with Crippen molar-refractivity contribution in [3.8, 4) is 0 Å². The molecule has 2 aromatic rings. The van der Waals surface area contributed by atoms with E-state index in [-0.39, 0.29) is 0 Å². The molecule has 0 bridgehead atoms. The summed E-state index contributed by atoms with van der Waals surface area (Å²) in [6.07, 6.45) is -0.633. The first-order valence-electron chi connectivity index (χ1n) is 5.06. The average Bonchev–Trinajstić information content (AvgIpc) is 2.54. The fraction of sp³-hybridized carbons (Fsp3) is 0.364. The normalized spacial score (nSPS) is 15.3. The molecule has 3 N–H and O–H groups in total. The zero-order valence-electron chi connectivity index (χ0n) is 9.18. The molecule has 16 heavy (non-hydrogen) atoms. The molecule has 5 heteroatoms. The number of imidazole rings is 1. The summed E-state index contributed by atoms with van der Waals surface area (Å²) in [5.41, 5.74) is 7.62. The van der Waals surface area contributed by atoms with Crippen LogP contribution in [0.4, 0.5) is 0 Å². The molecule has 0 saturated carbocycles. The van der Waals surface area contributed by atoms with Crippen molar-refractivity contribution in [3.05, 3.63) is 29.0 Å². The number of nitrogens with two attached hydrogens (primary N) is 1. The molecule has 0 amide bonds. The van der Waals surface area contributed by atoms with Crippen LogP contribution < -0.4 is 5.73 Å². The van der Waals surface area contributed by atoms with Crippen molar-refractivity contribution in [2.75, 3.05) is 0 Å². The lowest BCUT2D eigenvalue weighted by molar-refractivity contribution is 0.159. The Kier molecular flexibility index (Phi) is 2.88. The fourth-order valence-electron chi connectivity index (χ4n) is 1.71. The molecule has 1 aromatic heterocycles. The Morgan fingerprint density at radius 1 is 1.50 bits per heavy atom.